The molecule has 0 bridgehead atoms. The van der Waals surface area contributed by atoms with Crippen LogP contribution in [0, 0.1) is 19.8 Å². The number of amides is 2. The number of furan rings is 1. The summed E-state index contributed by atoms with van der Waals surface area (Å²) >= 11 is 0. The van der Waals surface area contributed by atoms with Crippen LogP contribution in [-0.2, 0) is 13.5 Å². The molecule has 1 atom stereocenters. The van der Waals surface area contributed by atoms with Crippen molar-refractivity contribution in [2.24, 2.45) is 13.0 Å². The van der Waals surface area contributed by atoms with Crippen LogP contribution in [0.1, 0.15) is 23.3 Å². The molecule has 28 heavy (non-hydrogen) atoms. The monoisotopic (exact) mass is 378 g/mol. The van der Waals surface area contributed by atoms with Crippen molar-refractivity contribution in [2.45, 2.75) is 26.7 Å². The number of rotatable bonds is 4. The highest BCUT2D eigenvalue weighted by Gasteiger charge is 2.27. The number of anilines is 1. The molecule has 4 rings (SSSR count). The van der Waals surface area contributed by atoms with E-state index in [-0.39, 0.29) is 6.03 Å². The van der Waals surface area contributed by atoms with Crippen molar-refractivity contribution in [2.75, 3.05) is 18.4 Å². The fourth-order valence-electron chi connectivity index (χ4n) is 3.79. The summed E-state index contributed by atoms with van der Waals surface area (Å²) in [4.78, 5) is 14.7. The van der Waals surface area contributed by atoms with Gasteiger partial charge in [0.15, 0.2) is 0 Å². The number of benzene rings is 1. The number of nitrogens with zero attached hydrogens (tertiary/aromatic N) is 3. The summed E-state index contributed by atoms with van der Waals surface area (Å²) in [5.41, 5.74) is 4.05. The van der Waals surface area contributed by atoms with Crippen molar-refractivity contribution < 1.29 is 9.21 Å². The second-order valence-corrected chi connectivity index (χ2v) is 7.70. The van der Waals surface area contributed by atoms with Gasteiger partial charge in [0.1, 0.15) is 11.5 Å². The highest BCUT2D eigenvalue weighted by atomic mass is 16.3. The lowest BCUT2D eigenvalue weighted by molar-refractivity contribution is 0.221. The summed E-state index contributed by atoms with van der Waals surface area (Å²) in [6.07, 6.45) is 5.94. The van der Waals surface area contributed by atoms with Crippen LogP contribution in [0.2, 0.25) is 0 Å². The predicted molar refractivity (Wildman–Crippen MR) is 109 cm³/mol. The first kappa shape index (κ1) is 18.3. The predicted octanol–water partition coefficient (Wildman–Crippen LogP) is 4.39. The fraction of sp³-hybridized carbons (Fsp3) is 0.364. The zero-order valence-corrected chi connectivity index (χ0v) is 16.6. The molecule has 2 aromatic heterocycles. The molecule has 0 spiro atoms. The van der Waals surface area contributed by atoms with Gasteiger partial charge in [0.2, 0.25) is 0 Å². The van der Waals surface area contributed by atoms with E-state index in [2.05, 4.69) is 10.4 Å². The number of carbonyl (C=O) groups excluding carboxylic acids is 1. The Kier molecular flexibility index (Phi) is 4.94. The first-order chi connectivity index (χ1) is 13.5. The van der Waals surface area contributed by atoms with Gasteiger partial charge in [-0.25, -0.2) is 4.79 Å². The van der Waals surface area contributed by atoms with Crippen molar-refractivity contribution in [1.29, 1.82) is 0 Å². The molecule has 1 aromatic carbocycles. The van der Waals surface area contributed by atoms with E-state index >= 15 is 0 Å². The molecule has 1 aliphatic heterocycles. The minimum atomic E-state index is -0.0374. The maximum absolute atomic E-state index is 12.8. The minimum absolute atomic E-state index is 0.0374. The molecule has 3 heterocycles. The highest BCUT2D eigenvalue weighted by molar-refractivity contribution is 5.91. The zero-order chi connectivity index (χ0) is 19.7. The second kappa shape index (κ2) is 7.54. The van der Waals surface area contributed by atoms with Gasteiger partial charge in [-0.15, -0.1) is 0 Å². The normalized spacial score (nSPS) is 16.5. The van der Waals surface area contributed by atoms with Crippen LogP contribution < -0.4 is 5.32 Å². The zero-order valence-electron chi connectivity index (χ0n) is 16.6. The molecule has 2 amide bonds. The first-order valence-corrected chi connectivity index (χ1v) is 9.69. The van der Waals surface area contributed by atoms with Crippen LogP contribution in [0.15, 0.2) is 47.1 Å². The first-order valence-electron chi connectivity index (χ1n) is 9.69. The lowest BCUT2D eigenvalue weighted by atomic mass is 10.0. The van der Waals surface area contributed by atoms with Crippen LogP contribution in [0.3, 0.4) is 0 Å². The maximum atomic E-state index is 12.8. The van der Waals surface area contributed by atoms with Crippen molar-refractivity contribution >= 4 is 11.7 Å². The molecule has 1 saturated heterocycles. The molecular weight excluding hydrogens is 352 g/mol. The number of aryl methyl sites for hydroxylation is 3. The quantitative estimate of drug-likeness (QED) is 0.732. The Hall–Kier alpha value is -3.02. The van der Waals surface area contributed by atoms with Gasteiger partial charge >= 0.3 is 6.03 Å². The maximum Gasteiger partial charge on any atom is 0.321 e. The third kappa shape index (κ3) is 3.96. The Bertz CT molecular complexity index is 988. The van der Waals surface area contributed by atoms with Crippen LogP contribution in [0.25, 0.3) is 11.3 Å². The summed E-state index contributed by atoms with van der Waals surface area (Å²) in [5, 5.41) is 7.32. The van der Waals surface area contributed by atoms with Gasteiger partial charge in [-0.2, -0.15) is 5.10 Å². The van der Waals surface area contributed by atoms with Crippen molar-refractivity contribution in [1.82, 2.24) is 14.7 Å². The van der Waals surface area contributed by atoms with Gasteiger partial charge in [0.05, 0.1) is 6.20 Å². The molecule has 3 aromatic rings. The summed E-state index contributed by atoms with van der Waals surface area (Å²) in [6, 6.07) is 9.87. The fourth-order valence-corrected chi connectivity index (χ4v) is 3.79. The number of hydrogen-bond donors (Lipinski definition) is 1. The van der Waals surface area contributed by atoms with Crippen molar-refractivity contribution in [3.05, 3.63) is 59.6 Å². The number of nitrogens with one attached hydrogen (secondary N) is 1. The van der Waals surface area contributed by atoms with Crippen LogP contribution >= 0.6 is 0 Å². The van der Waals surface area contributed by atoms with Gasteiger partial charge in [0.25, 0.3) is 0 Å². The number of aromatic nitrogens is 2. The topological polar surface area (TPSA) is 63.3 Å². The lowest BCUT2D eigenvalue weighted by Crippen LogP contribution is -2.33. The summed E-state index contributed by atoms with van der Waals surface area (Å²) < 4.78 is 7.54. The minimum Gasteiger partial charge on any atom is -0.461 e. The molecule has 6 nitrogen and oxygen atoms in total. The smallest absolute Gasteiger partial charge is 0.321 e. The number of likely N-dealkylation sites (tertiary alicyclic amines) is 1. The average molecular weight is 378 g/mol. The van der Waals surface area contributed by atoms with E-state index in [1.807, 2.05) is 73.2 Å². The molecule has 0 aliphatic carbocycles. The standard InChI is InChI=1S/C22H26N4O2/c1-15-4-6-19(21-7-5-16(2)28-21)11-20(15)24-22(27)26-9-8-17(14-26)10-18-12-23-25(3)13-18/h4-7,11-13,17H,8-10,14H2,1-3H3,(H,24,27). The van der Waals surface area contributed by atoms with Gasteiger partial charge in [0, 0.05) is 37.6 Å². The lowest BCUT2D eigenvalue weighted by Gasteiger charge is -2.18. The van der Waals surface area contributed by atoms with E-state index in [0.29, 0.717) is 5.92 Å². The van der Waals surface area contributed by atoms with Crippen LogP contribution in [0.5, 0.6) is 0 Å². The van der Waals surface area contributed by atoms with E-state index in [1.54, 1.807) is 0 Å². The Morgan fingerprint density at radius 3 is 2.86 bits per heavy atom. The van der Waals surface area contributed by atoms with E-state index < -0.39 is 0 Å². The van der Waals surface area contributed by atoms with Gasteiger partial charge in [-0.3, -0.25) is 4.68 Å². The largest absolute Gasteiger partial charge is 0.461 e. The van der Waals surface area contributed by atoms with Gasteiger partial charge in [-0.1, -0.05) is 12.1 Å². The molecule has 1 aliphatic rings. The Balaban J connectivity index is 1.41. The Morgan fingerprint density at radius 1 is 1.29 bits per heavy atom. The van der Waals surface area contributed by atoms with Gasteiger partial charge in [-0.05, 0) is 61.9 Å². The molecule has 6 heteroatoms. The van der Waals surface area contributed by atoms with E-state index in [1.165, 1.54) is 5.56 Å². The molecule has 1 fully saturated rings. The molecule has 1 N–H and O–H groups in total. The summed E-state index contributed by atoms with van der Waals surface area (Å²) in [7, 11) is 1.93. The molecule has 1 unspecified atom stereocenters. The Morgan fingerprint density at radius 2 is 2.14 bits per heavy atom. The molecule has 0 radical (unpaired) electrons. The Labute approximate surface area is 165 Å². The molecule has 146 valence electrons. The van der Waals surface area contributed by atoms with Crippen LogP contribution in [-0.4, -0.2) is 33.8 Å². The van der Waals surface area contributed by atoms with E-state index in [4.69, 9.17) is 4.42 Å². The number of urea groups is 1. The third-order valence-electron chi connectivity index (χ3n) is 5.36. The summed E-state index contributed by atoms with van der Waals surface area (Å²) in [5.74, 6) is 2.16. The van der Waals surface area contributed by atoms with Crippen molar-refractivity contribution in [3.63, 3.8) is 0 Å². The van der Waals surface area contributed by atoms with Crippen molar-refractivity contribution in [3.8, 4) is 11.3 Å². The van der Waals surface area contributed by atoms with E-state index in [0.717, 1.165) is 54.3 Å². The second-order valence-electron chi connectivity index (χ2n) is 7.70. The number of hydrogen-bond acceptors (Lipinski definition) is 3. The van der Waals surface area contributed by atoms with Crippen LogP contribution in [0.4, 0.5) is 10.5 Å². The summed E-state index contributed by atoms with van der Waals surface area (Å²) in [6.45, 7) is 5.49. The highest BCUT2D eigenvalue weighted by Crippen LogP contribution is 2.28. The van der Waals surface area contributed by atoms with Gasteiger partial charge < -0.3 is 14.6 Å². The molecule has 0 saturated carbocycles. The van der Waals surface area contributed by atoms with E-state index in [9.17, 15) is 4.79 Å². The SMILES string of the molecule is Cc1ccc(-c2ccc(C)c(NC(=O)N3CCC(Cc4cnn(C)c4)C3)c2)o1. The third-order valence-corrected chi connectivity index (χ3v) is 5.36. The molecular formula is C22H26N4O2. The average Bonchev–Trinajstić information content (AvgIpc) is 3.39. The number of carbonyl (C=O) groups is 1.